The monoisotopic (exact) mass is 491 g/mol. The highest BCUT2D eigenvalue weighted by Gasteiger charge is 2.37. The number of aliphatic hydroxyl groups is 2. The smallest absolute Gasteiger partial charge is 0.275 e. The van der Waals surface area contributed by atoms with E-state index >= 15 is 0 Å². The van der Waals surface area contributed by atoms with Gasteiger partial charge in [0.15, 0.2) is 0 Å². The molecule has 1 saturated carbocycles. The van der Waals surface area contributed by atoms with Crippen molar-refractivity contribution in [1.29, 1.82) is 0 Å². The highest BCUT2D eigenvalue weighted by Crippen LogP contribution is 2.38. The summed E-state index contributed by atoms with van der Waals surface area (Å²) in [5.74, 6) is -0.147. The van der Waals surface area contributed by atoms with Crippen molar-refractivity contribution >= 4 is 16.7 Å². The van der Waals surface area contributed by atoms with Gasteiger partial charge in [0.2, 0.25) is 5.91 Å². The Bertz CT molecular complexity index is 1220. The van der Waals surface area contributed by atoms with Crippen LogP contribution in [0, 0.1) is 11.8 Å². The number of benzene rings is 2. The Labute approximate surface area is 212 Å². The standard InChI is InChI=1S/C29H37N3O4/c1-20-12-13-24(29(2,36)16-23(15-25(33)14-20)21-8-4-3-5-9-21)18-30-27(34)19-32-28(35)26-11-7-6-10-22(26)17-31-32/h3-11,17,20,23-25,33,36H,12-16,18-19H2,1-2H3,(H,30,34)/t20-,23-,24+,25+,29-/m1/s1. The highest BCUT2D eigenvalue weighted by molar-refractivity contribution is 5.81. The van der Waals surface area contributed by atoms with Gasteiger partial charge in [0.1, 0.15) is 6.54 Å². The molecule has 2 aromatic carbocycles. The molecule has 3 aromatic rings. The topological polar surface area (TPSA) is 104 Å². The van der Waals surface area contributed by atoms with Gasteiger partial charge in [-0.2, -0.15) is 5.10 Å². The zero-order valence-corrected chi connectivity index (χ0v) is 21.1. The van der Waals surface area contributed by atoms with Crippen LogP contribution in [-0.4, -0.2) is 44.2 Å². The van der Waals surface area contributed by atoms with Crippen molar-refractivity contribution in [2.24, 2.45) is 11.8 Å². The van der Waals surface area contributed by atoms with Gasteiger partial charge in [0, 0.05) is 17.8 Å². The van der Waals surface area contributed by atoms with Gasteiger partial charge in [-0.15, -0.1) is 0 Å². The van der Waals surface area contributed by atoms with Gasteiger partial charge in [0.25, 0.3) is 5.56 Å². The molecule has 0 saturated heterocycles. The number of nitrogens with one attached hydrogen (secondary N) is 1. The molecule has 0 aliphatic heterocycles. The Kier molecular flexibility index (Phi) is 8.21. The molecule has 1 aliphatic carbocycles. The summed E-state index contributed by atoms with van der Waals surface area (Å²) in [7, 11) is 0. The van der Waals surface area contributed by atoms with Gasteiger partial charge >= 0.3 is 0 Å². The van der Waals surface area contributed by atoms with Crippen LogP contribution >= 0.6 is 0 Å². The first kappa shape index (κ1) is 26.0. The van der Waals surface area contributed by atoms with Crippen LogP contribution in [-0.2, 0) is 11.3 Å². The lowest BCUT2D eigenvalue weighted by molar-refractivity contribution is -0.122. The second-order valence-electron chi connectivity index (χ2n) is 10.7. The molecule has 1 aromatic heterocycles. The van der Waals surface area contributed by atoms with Crippen LogP contribution in [0.2, 0.25) is 0 Å². The van der Waals surface area contributed by atoms with E-state index < -0.39 is 11.7 Å². The summed E-state index contributed by atoms with van der Waals surface area (Å²) < 4.78 is 1.18. The van der Waals surface area contributed by atoms with E-state index in [0.29, 0.717) is 30.7 Å². The Morgan fingerprint density at radius 3 is 2.61 bits per heavy atom. The number of nitrogens with zero attached hydrogens (tertiary/aromatic N) is 2. The average Bonchev–Trinajstić information content (AvgIpc) is 2.85. The van der Waals surface area contributed by atoms with E-state index in [-0.39, 0.29) is 29.8 Å². The van der Waals surface area contributed by atoms with E-state index in [9.17, 15) is 19.8 Å². The third-order valence-electron chi connectivity index (χ3n) is 7.65. The summed E-state index contributed by atoms with van der Waals surface area (Å²) in [6.45, 7) is 4.11. The number of aromatic nitrogens is 2. The van der Waals surface area contributed by atoms with Crippen molar-refractivity contribution < 1.29 is 15.0 Å². The van der Waals surface area contributed by atoms with Crippen molar-refractivity contribution in [1.82, 2.24) is 15.1 Å². The SMILES string of the molecule is C[C@@H]1CC[C@@H](CNC(=O)Cn2ncc3ccccc3c2=O)[C@](C)(O)C[C@H](c2ccccc2)C[C@@H](O)C1. The first-order valence-corrected chi connectivity index (χ1v) is 12.9. The van der Waals surface area contributed by atoms with Crippen LogP contribution < -0.4 is 10.9 Å². The fraction of sp³-hybridized carbons (Fsp3) is 0.483. The van der Waals surface area contributed by atoms with Crippen molar-refractivity contribution in [3.8, 4) is 0 Å². The normalized spacial score (nSPS) is 27.4. The van der Waals surface area contributed by atoms with Crippen molar-refractivity contribution in [3.05, 3.63) is 76.7 Å². The Morgan fingerprint density at radius 1 is 1.11 bits per heavy atom. The number of hydrogen-bond acceptors (Lipinski definition) is 5. The number of rotatable bonds is 5. The summed E-state index contributed by atoms with van der Waals surface area (Å²) in [6, 6.07) is 17.2. The van der Waals surface area contributed by atoms with E-state index in [4.69, 9.17) is 0 Å². The maximum absolute atomic E-state index is 12.8. The highest BCUT2D eigenvalue weighted by atomic mass is 16.3. The average molecular weight is 492 g/mol. The Hall–Kier alpha value is -3.03. The Balaban J connectivity index is 1.47. The van der Waals surface area contributed by atoms with Crippen LogP contribution in [0.3, 0.4) is 0 Å². The summed E-state index contributed by atoms with van der Waals surface area (Å²) in [4.78, 5) is 25.5. The molecule has 7 nitrogen and oxygen atoms in total. The molecule has 0 radical (unpaired) electrons. The minimum atomic E-state index is -1.04. The van der Waals surface area contributed by atoms with Gasteiger partial charge in [-0.05, 0) is 56.1 Å². The molecule has 0 spiro atoms. The summed E-state index contributed by atoms with van der Waals surface area (Å²) in [5, 5.41) is 30.7. The molecule has 7 heteroatoms. The van der Waals surface area contributed by atoms with E-state index in [2.05, 4.69) is 17.3 Å². The van der Waals surface area contributed by atoms with Crippen LogP contribution in [0.25, 0.3) is 10.8 Å². The largest absolute Gasteiger partial charge is 0.393 e. The zero-order valence-electron chi connectivity index (χ0n) is 21.1. The lowest BCUT2D eigenvalue weighted by Gasteiger charge is -2.38. The Morgan fingerprint density at radius 2 is 1.83 bits per heavy atom. The maximum Gasteiger partial charge on any atom is 0.275 e. The predicted octanol–water partition coefficient (Wildman–Crippen LogP) is 3.62. The molecule has 5 atom stereocenters. The van der Waals surface area contributed by atoms with Crippen LogP contribution in [0.4, 0.5) is 0 Å². The van der Waals surface area contributed by atoms with Crippen molar-refractivity contribution in [2.45, 2.75) is 70.1 Å². The number of fused-ring (bicyclic) bond motifs is 1. The quantitative estimate of drug-likeness (QED) is 0.506. The molecule has 0 unspecified atom stereocenters. The van der Waals surface area contributed by atoms with Crippen molar-refractivity contribution in [3.63, 3.8) is 0 Å². The molecular weight excluding hydrogens is 454 g/mol. The molecule has 36 heavy (non-hydrogen) atoms. The van der Waals surface area contributed by atoms with E-state index in [0.717, 1.165) is 30.2 Å². The minimum absolute atomic E-state index is 0.0140. The fourth-order valence-corrected chi connectivity index (χ4v) is 5.52. The van der Waals surface area contributed by atoms with Gasteiger partial charge in [-0.25, -0.2) is 4.68 Å². The van der Waals surface area contributed by atoms with E-state index in [1.807, 2.05) is 49.4 Å². The zero-order chi connectivity index (χ0) is 25.7. The third kappa shape index (κ3) is 6.39. The lowest BCUT2D eigenvalue weighted by atomic mass is 9.73. The van der Waals surface area contributed by atoms with Crippen molar-refractivity contribution in [2.75, 3.05) is 6.54 Å². The van der Waals surface area contributed by atoms with Gasteiger partial charge in [-0.1, -0.05) is 61.9 Å². The molecule has 0 bridgehead atoms. The van der Waals surface area contributed by atoms with Gasteiger partial charge < -0.3 is 15.5 Å². The number of carbonyl (C=O) groups is 1. The number of hydrogen-bond donors (Lipinski definition) is 3. The first-order chi connectivity index (χ1) is 17.2. The number of carbonyl (C=O) groups excluding carboxylic acids is 1. The molecule has 1 aliphatic rings. The lowest BCUT2D eigenvalue weighted by Crippen LogP contribution is -2.45. The molecule has 192 valence electrons. The fourth-order valence-electron chi connectivity index (χ4n) is 5.52. The molecule has 1 fully saturated rings. The minimum Gasteiger partial charge on any atom is -0.393 e. The molecule has 3 N–H and O–H groups in total. The van der Waals surface area contributed by atoms with Crippen LogP contribution in [0.1, 0.15) is 57.4 Å². The number of amides is 1. The predicted molar refractivity (Wildman–Crippen MR) is 141 cm³/mol. The van der Waals surface area contributed by atoms with Gasteiger partial charge in [-0.3, -0.25) is 9.59 Å². The maximum atomic E-state index is 12.8. The van der Waals surface area contributed by atoms with Crippen LogP contribution in [0.15, 0.2) is 65.6 Å². The third-order valence-corrected chi connectivity index (χ3v) is 7.65. The first-order valence-electron chi connectivity index (χ1n) is 12.9. The summed E-state index contributed by atoms with van der Waals surface area (Å²) in [5.41, 5.74) is -0.232. The molecule has 4 rings (SSSR count). The molecule has 1 heterocycles. The second-order valence-corrected chi connectivity index (χ2v) is 10.7. The molecular formula is C29H37N3O4. The van der Waals surface area contributed by atoms with Crippen LogP contribution in [0.5, 0.6) is 0 Å². The summed E-state index contributed by atoms with van der Waals surface area (Å²) in [6.07, 6.45) is 4.59. The number of aliphatic hydroxyl groups excluding tert-OH is 1. The second kappa shape index (κ2) is 11.4. The van der Waals surface area contributed by atoms with Gasteiger partial charge in [0.05, 0.1) is 23.3 Å². The molecule has 1 amide bonds. The van der Waals surface area contributed by atoms with E-state index in [1.54, 1.807) is 18.3 Å². The van der Waals surface area contributed by atoms with E-state index in [1.165, 1.54) is 4.68 Å². The summed E-state index contributed by atoms with van der Waals surface area (Å²) >= 11 is 0.